The van der Waals surface area contributed by atoms with Gasteiger partial charge in [-0.3, -0.25) is 0 Å². The van der Waals surface area contributed by atoms with E-state index in [0.717, 1.165) is 16.8 Å². The fourth-order valence-corrected chi connectivity index (χ4v) is 1.87. The van der Waals surface area contributed by atoms with Crippen molar-refractivity contribution in [3.63, 3.8) is 0 Å². The number of rotatable bonds is 4. The summed E-state index contributed by atoms with van der Waals surface area (Å²) in [5, 5.41) is 6.92. The van der Waals surface area contributed by atoms with E-state index in [1.54, 1.807) is 6.92 Å². The van der Waals surface area contributed by atoms with Crippen LogP contribution in [0, 0.1) is 13.8 Å². The lowest BCUT2D eigenvalue weighted by Gasteiger charge is -2.08. The van der Waals surface area contributed by atoms with Gasteiger partial charge in [-0.25, -0.2) is 0 Å². The number of nitrogens with one attached hydrogen (secondary N) is 1. The maximum atomic E-state index is 5.61. The zero-order chi connectivity index (χ0) is 13.1. The molecule has 0 saturated heterocycles. The van der Waals surface area contributed by atoms with Crippen molar-refractivity contribution in [2.24, 2.45) is 5.73 Å². The molecule has 0 aliphatic carbocycles. The van der Waals surface area contributed by atoms with E-state index in [4.69, 9.17) is 22.5 Å². The Bertz CT molecular complexity index is 579. The standard InChI is InChI=1S/C12H14N4OS/c1-7-5-9(3-4-10(7)12(13)18)14-6-11-15-8(2)16-17-11/h3-5,14H,6H2,1-2H3,(H2,13,18). The van der Waals surface area contributed by atoms with E-state index < -0.39 is 0 Å². The SMILES string of the molecule is Cc1noc(CNc2ccc(C(N)=S)c(C)c2)n1. The number of hydrogen-bond donors (Lipinski definition) is 2. The topological polar surface area (TPSA) is 77.0 Å². The van der Waals surface area contributed by atoms with Gasteiger partial charge in [0.2, 0.25) is 5.89 Å². The summed E-state index contributed by atoms with van der Waals surface area (Å²) in [4.78, 5) is 4.52. The molecule has 0 fully saturated rings. The number of hydrogen-bond acceptors (Lipinski definition) is 5. The van der Waals surface area contributed by atoms with Crippen molar-refractivity contribution in [2.75, 3.05) is 5.32 Å². The normalized spacial score (nSPS) is 10.3. The quantitative estimate of drug-likeness (QED) is 0.820. The monoisotopic (exact) mass is 262 g/mol. The molecular formula is C12H14N4OS. The lowest BCUT2D eigenvalue weighted by Crippen LogP contribution is -2.11. The van der Waals surface area contributed by atoms with E-state index in [2.05, 4.69) is 15.5 Å². The van der Waals surface area contributed by atoms with Gasteiger partial charge < -0.3 is 15.6 Å². The minimum absolute atomic E-state index is 0.409. The van der Waals surface area contributed by atoms with Gasteiger partial charge in [0, 0.05) is 11.3 Å². The summed E-state index contributed by atoms with van der Waals surface area (Å²) in [5.41, 5.74) is 8.50. The van der Waals surface area contributed by atoms with Crippen molar-refractivity contribution in [1.29, 1.82) is 0 Å². The van der Waals surface area contributed by atoms with Crippen molar-refractivity contribution in [3.8, 4) is 0 Å². The molecule has 6 heteroatoms. The van der Waals surface area contributed by atoms with Gasteiger partial charge in [0.1, 0.15) is 4.99 Å². The molecule has 0 bridgehead atoms. The predicted octanol–water partition coefficient (Wildman–Crippen LogP) is 1.93. The summed E-state index contributed by atoms with van der Waals surface area (Å²) in [6.07, 6.45) is 0. The molecule has 1 aromatic carbocycles. The Hall–Kier alpha value is -1.95. The van der Waals surface area contributed by atoms with Gasteiger partial charge in [0.15, 0.2) is 5.82 Å². The van der Waals surface area contributed by atoms with Crippen molar-refractivity contribution < 1.29 is 4.52 Å². The molecule has 94 valence electrons. The van der Waals surface area contributed by atoms with Gasteiger partial charge in [-0.2, -0.15) is 4.98 Å². The first kappa shape index (κ1) is 12.5. The van der Waals surface area contributed by atoms with E-state index in [1.165, 1.54) is 0 Å². The van der Waals surface area contributed by atoms with Gasteiger partial charge in [-0.1, -0.05) is 17.4 Å². The average Bonchev–Trinajstić information content (AvgIpc) is 2.72. The first-order valence-electron chi connectivity index (χ1n) is 5.50. The number of benzene rings is 1. The maximum absolute atomic E-state index is 5.61. The number of anilines is 1. The maximum Gasteiger partial charge on any atom is 0.245 e. The van der Waals surface area contributed by atoms with E-state index >= 15 is 0 Å². The van der Waals surface area contributed by atoms with Crippen LogP contribution in [0.5, 0.6) is 0 Å². The molecule has 0 aliphatic rings. The van der Waals surface area contributed by atoms with Gasteiger partial charge in [0.05, 0.1) is 6.54 Å². The molecule has 1 heterocycles. The molecule has 2 aromatic rings. The van der Waals surface area contributed by atoms with Gasteiger partial charge in [-0.15, -0.1) is 0 Å². The van der Waals surface area contributed by atoms with Crippen LogP contribution in [0.2, 0.25) is 0 Å². The summed E-state index contributed by atoms with van der Waals surface area (Å²) in [6.45, 7) is 4.25. The summed E-state index contributed by atoms with van der Waals surface area (Å²) in [7, 11) is 0. The van der Waals surface area contributed by atoms with Gasteiger partial charge in [-0.05, 0) is 37.6 Å². The Balaban J connectivity index is 2.06. The zero-order valence-electron chi connectivity index (χ0n) is 10.2. The van der Waals surface area contributed by atoms with E-state index in [1.807, 2.05) is 25.1 Å². The Morgan fingerprint density at radius 2 is 2.22 bits per heavy atom. The molecule has 3 N–H and O–H groups in total. The highest BCUT2D eigenvalue weighted by atomic mass is 32.1. The fourth-order valence-electron chi connectivity index (χ4n) is 1.64. The first-order chi connectivity index (χ1) is 8.56. The number of nitrogens with two attached hydrogens (primary N) is 1. The molecule has 18 heavy (non-hydrogen) atoms. The highest BCUT2D eigenvalue weighted by Gasteiger charge is 2.04. The van der Waals surface area contributed by atoms with Crippen molar-refractivity contribution in [1.82, 2.24) is 10.1 Å². The minimum atomic E-state index is 0.409. The van der Waals surface area contributed by atoms with Crippen LogP contribution >= 0.6 is 12.2 Å². The highest BCUT2D eigenvalue weighted by molar-refractivity contribution is 7.80. The van der Waals surface area contributed by atoms with Crippen LogP contribution in [0.25, 0.3) is 0 Å². The molecule has 0 radical (unpaired) electrons. The van der Waals surface area contributed by atoms with Crippen molar-refractivity contribution in [2.45, 2.75) is 20.4 Å². The smallest absolute Gasteiger partial charge is 0.245 e. The van der Waals surface area contributed by atoms with Gasteiger partial charge in [0.25, 0.3) is 0 Å². The Morgan fingerprint density at radius 1 is 1.44 bits per heavy atom. The summed E-state index contributed by atoms with van der Waals surface area (Å²) in [6, 6.07) is 5.81. The third-order valence-corrected chi connectivity index (χ3v) is 2.73. The van der Waals surface area contributed by atoms with Crippen LogP contribution in [0.3, 0.4) is 0 Å². The summed E-state index contributed by atoms with van der Waals surface area (Å²) in [5.74, 6) is 1.19. The molecule has 0 saturated carbocycles. The second kappa shape index (κ2) is 5.14. The number of thiocarbonyl (C=S) groups is 1. The Kier molecular flexibility index (Phi) is 3.57. The molecule has 2 rings (SSSR count). The van der Waals surface area contributed by atoms with Crippen LogP contribution in [-0.2, 0) is 6.54 Å². The first-order valence-corrected chi connectivity index (χ1v) is 5.90. The second-order valence-corrected chi connectivity index (χ2v) is 4.42. The average molecular weight is 262 g/mol. The summed E-state index contributed by atoms with van der Waals surface area (Å²) >= 11 is 4.96. The van der Waals surface area contributed by atoms with Gasteiger partial charge >= 0.3 is 0 Å². The molecule has 0 spiro atoms. The third kappa shape index (κ3) is 2.84. The fraction of sp³-hybridized carbons (Fsp3) is 0.250. The van der Waals surface area contributed by atoms with Crippen LogP contribution in [0.15, 0.2) is 22.7 Å². The second-order valence-electron chi connectivity index (χ2n) is 3.98. The zero-order valence-corrected chi connectivity index (χ0v) is 11.0. The third-order valence-electron chi connectivity index (χ3n) is 2.51. The highest BCUT2D eigenvalue weighted by Crippen LogP contribution is 2.15. The molecular weight excluding hydrogens is 248 g/mol. The Morgan fingerprint density at radius 3 is 2.78 bits per heavy atom. The van der Waals surface area contributed by atoms with E-state index in [9.17, 15) is 0 Å². The van der Waals surface area contributed by atoms with E-state index in [0.29, 0.717) is 23.2 Å². The van der Waals surface area contributed by atoms with Crippen LogP contribution in [0.4, 0.5) is 5.69 Å². The van der Waals surface area contributed by atoms with Crippen molar-refractivity contribution >= 4 is 22.9 Å². The largest absolute Gasteiger partial charge is 0.389 e. The lowest BCUT2D eigenvalue weighted by atomic mass is 10.1. The number of aryl methyl sites for hydroxylation is 2. The molecule has 0 unspecified atom stereocenters. The predicted molar refractivity (Wildman–Crippen MR) is 73.4 cm³/mol. The molecule has 5 nitrogen and oxygen atoms in total. The van der Waals surface area contributed by atoms with Crippen LogP contribution < -0.4 is 11.1 Å². The minimum Gasteiger partial charge on any atom is -0.389 e. The summed E-state index contributed by atoms with van der Waals surface area (Å²) < 4.78 is 5.01. The van der Waals surface area contributed by atoms with Crippen molar-refractivity contribution in [3.05, 3.63) is 41.0 Å². The van der Waals surface area contributed by atoms with Crippen LogP contribution in [0.1, 0.15) is 22.8 Å². The van der Waals surface area contributed by atoms with E-state index in [-0.39, 0.29) is 0 Å². The van der Waals surface area contributed by atoms with Crippen LogP contribution in [-0.4, -0.2) is 15.1 Å². The number of aromatic nitrogens is 2. The molecule has 0 amide bonds. The molecule has 0 aliphatic heterocycles. The molecule has 1 aromatic heterocycles. The molecule has 0 atom stereocenters. The Labute approximate surface area is 110 Å². The lowest BCUT2D eigenvalue weighted by molar-refractivity contribution is 0.379. The number of nitrogens with zero attached hydrogens (tertiary/aromatic N) is 2.